The SMILES string of the molecule is C(=C/c1ccccc1)/c1ccccc1.C(=C\c1ccccc1)/c1ccccc1.c1ccc(-c2ccccc2)cc1.c1ccc(C2(c3ccccc3)c3ccccc3-c3ccccc32)cc1.c1ccc2c(c1)Cc1ccccc1-2.c1ccc2c(c1)[nH]c1ccccc12.c1ccc2c(c1)sc1ccccc12.c1ccc2cc3ccccc3cc2c1.c1ccc2ccccc2c1. The molecule has 612 valence electrons. The van der Waals surface area contributed by atoms with E-state index in [1.54, 1.807) is 0 Å². The summed E-state index contributed by atoms with van der Waals surface area (Å²) in [5.74, 6) is 0. The zero-order valence-corrected chi connectivity index (χ0v) is 72.2. The monoisotopic (exact) mass is 1660 g/mol. The second kappa shape index (κ2) is 42.8. The lowest BCUT2D eigenvalue weighted by Crippen LogP contribution is -2.28. The van der Waals surface area contributed by atoms with Gasteiger partial charge in [-0.3, -0.25) is 0 Å². The number of aromatic nitrogens is 1. The molecule has 2 aromatic heterocycles. The van der Waals surface area contributed by atoms with Gasteiger partial charge in [0.2, 0.25) is 0 Å². The molecular formula is C126H97NS. The Morgan fingerprint density at radius 1 is 0.195 bits per heavy atom. The first-order valence-corrected chi connectivity index (χ1v) is 44.6. The standard InChI is InChI=1S/C25H18.C14H10.2C14H12.C13H10.C12H9N.C12H8S.C12H10.C10H8/c1-3-11-19(12-4-1)25(20-13-5-2-6-14-20)23-17-9-7-15-21(23)22-16-8-10-18-24(22)25;1-2-6-12-10-14-8-4-3-7-13(14)9-11(12)5-1;2*1-3-7-13(8-4-1)11-12-14-9-5-2-6-10-14;1-3-7-12-10(5-1)9-11-6-2-4-8-13(11)12;2*1-3-7-11-9(5-1)10-6-2-4-8-12(10)13-11;1-3-7-11(8-4-1)12-9-5-2-6-10-12;1-2-6-10-8-4-3-7-9(10)5-1/h1-18H;1-10H;2*1-12H;1-8H,9H2;1-8,13H;1-8H;1-10H;1-8H/b;;12-11+;12-11-;;;;;. The molecule has 128 heavy (non-hydrogen) atoms. The Balaban J connectivity index is 0.000000103. The maximum Gasteiger partial charge on any atom is 0.0713 e. The van der Waals surface area contributed by atoms with E-state index in [1.807, 2.05) is 96.3 Å². The summed E-state index contributed by atoms with van der Waals surface area (Å²) in [5.41, 5.74) is 23.5. The van der Waals surface area contributed by atoms with Crippen LogP contribution in [0.2, 0.25) is 0 Å². The molecule has 2 heteroatoms. The van der Waals surface area contributed by atoms with Crippen LogP contribution in [0.4, 0.5) is 0 Å². The van der Waals surface area contributed by atoms with Crippen molar-refractivity contribution in [3.63, 3.8) is 0 Å². The number of benzene rings is 21. The van der Waals surface area contributed by atoms with Crippen molar-refractivity contribution >= 4 is 110 Å². The van der Waals surface area contributed by atoms with Crippen LogP contribution >= 0.6 is 11.3 Å². The number of rotatable bonds is 7. The maximum absolute atomic E-state index is 3.38. The normalized spacial score (nSPS) is 11.4. The van der Waals surface area contributed by atoms with Gasteiger partial charge in [-0.05, 0) is 164 Å². The fourth-order valence-electron chi connectivity index (χ4n) is 16.9. The van der Waals surface area contributed by atoms with Gasteiger partial charge in [0, 0.05) is 42.0 Å². The smallest absolute Gasteiger partial charge is 0.0713 e. The lowest BCUT2D eigenvalue weighted by atomic mass is 9.68. The highest BCUT2D eigenvalue weighted by atomic mass is 32.1. The highest BCUT2D eigenvalue weighted by molar-refractivity contribution is 7.25. The van der Waals surface area contributed by atoms with Crippen LogP contribution in [0, 0.1) is 0 Å². The number of thiophene rings is 1. The number of nitrogens with one attached hydrogen (secondary N) is 1. The second-order valence-corrected chi connectivity index (χ2v) is 32.4. The highest BCUT2D eigenvalue weighted by Gasteiger charge is 2.45. The van der Waals surface area contributed by atoms with E-state index in [2.05, 4.69) is 490 Å². The van der Waals surface area contributed by atoms with E-state index in [0.717, 1.165) is 6.42 Å². The molecular weight excluding hydrogens is 1560 g/mol. The Labute approximate surface area is 756 Å². The molecule has 0 saturated carbocycles. The molecule has 0 radical (unpaired) electrons. The van der Waals surface area contributed by atoms with E-state index in [4.69, 9.17) is 0 Å². The quantitative estimate of drug-likeness (QED) is 0.121. The summed E-state index contributed by atoms with van der Waals surface area (Å²) >= 11 is 1.86. The number of H-pyrrole nitrogens is 1. The maximum atomic E-state index is 3.38. The zero-order chi connectivity index (χ0) is 86.4. The number of hydrogen-bond donors (Lipinski definition) is 1. The van der Waals surface area contributed by atoms with E-state index < -0.39 is 0 Å². The molecule has 2 aliphatic carbocycles. The van der Waals surface area contributed by atoms with Gasteiger partial charge in [-0.25, -0.2) is 0 Å². The average Bonchev–Trinajstić information content (AvgIpc) is 1.54. The predicted octanol–water partition coefficient (Wildman–Crippen LogP) is 34.6. The van der Waals surface area contributed by atoms with Crippen LogP contribution in [-0.4, -0.2) is 4.98 Å². The molecule has 0 aliphatic heterocycles. The summed E-state index contributed by atoms with van der Waals surface area (Å²) in [7, 11) is 0. The largest absolute Gasteiger partial charge is 0.355 e. The van der Waals surface area contributed by atoms with Gasteiger partial charge in [0.1, 0.15) is 0 Å². The third-order valence-corrected chi connectivity index (χ3v) is 24.2. The molecule has 2 aliphatic rings. The summed E-state index contributed by atoms with van der Waals surface area (Å²) in [5, 5.41) is 13.2. The van der Waals surface area contributed by atoms with Gasteiger partial charge in [-0.2, -0.15) is 0 Å². The van der Waals surface area contributed by atoms with E-state index in [1.165, 1.54) is 163 Å². The molecule has 23 aromatic rings. The molecule has 21 aromatic carbocycles. The number of hydrogen-bond acceptors (Lipinski definition) is 1. The number of fused-ring (bicyclic) bond motifs is 15. The van der Waals surface area contributed by atoms with Crippen molar-refractivity contribution in [2.24, 2.45) is 0 Å². The summed E-state index contributed by atoms with van der Waals surface area (Å²) < 4.78 is 2.76. The van der Waals surface area contributed by atoms with Gasteiger partial charge in [0.15, 0.2) is 0 Å². The molecule has 2 heterocycles. The van der Waals surface area contributed by atoms with Crippen LogP contribution in [0.1, 0.15) is 55.6 Å². The van der Waals surface area contributed by atoms with E-state index in [9.17, 15) is 0 Å². The Bertz CT molecular complexity index is 6780. The van der Waals surface area contributed by atoms with Crippen molar-refractivity contribution in [2.75, 3.05) is 0 Å². The Hall–Kier alpha value is -16.1. The summed E-state index contributed by atoms with van der Waals surface area (Å²) in [6, 6.07) is 191. The average molecular weight is 1660 g/mol. The Morgan fingerprint density at radius 3 is 0.773 bits per heavy atom. The lowest BCUT2D eigenvalue weighted by molar-refractivity contribution is 0.768. The first-order valence-electron chi connectivity index (χ1n) is 43.8. The molecule has 1 nitrogen and oxygen atoms in total. The van der Waals surface area contributed by atoms with Crippen molar-refractivity contribution in [1.29, 1.82) is 0 Å². The van der Waals surface area contributed by atoms with Crippen molar-refractivity contribution < 1.29 is 0 Å². The first kappa shape index (κ1) is 84.1. The van der Waals surface area contributed by atoms with Crippen LogP contribution in [-0.2, 0) is 11.8 Å². The fourth-order valence-corrected chi connectivity index (χ4v) is 18.0. The summed E-state index contributed by atoms with van der Waals surface area (Å²) in [6.45, 7) is 0. The van der Waals surface area contributed by atoms with Crippen molar-refractivity contribution in [2.45, 2.75) is 11.8 Å². The van der Waals surface area contributed by atoms with Crippen LogP contribution in [0.25, 0.3) is 132 Å². The van der Waals surface area contributed by atoms with Gasteiger partial charge in [0.05, 0.1) is 5.41 Å². The molecule has 0 amide bonds. The minimum Gasteiger partial charge on any atom is -0.355 e. The zero-order valence-electron chi connectivity index (χ0n) is 71.4. The Kier molecular flexibility index (Phi) is 28.1. The summed E-state index contributed by atoms with van der Waals surface area (Å²) in [6.07, 6.45) is 9.58. The van der Waals surface area contributed by atoms with E-state index in [0.29, 0.717) is 0 Å². The Morgan fingerprint density at radius 2 is 0.438 bits per heavy atom. The van der Waals surface area contributed by atoms with Gasteiger partial charge >= 0.3 is 0 Å². The lowest BCUT2D eigenvalue weighted by Gasteiger charge is -2.33. The molecule has 0 saturated heterocycles. The summed E-state index contributed by atoms with van der Waals surface area (Å²) in [4.78, 5) is 3.38. The molecule has 0 atom stereocenters. The van der Waals surface area contributed by atoms with Crippen molar-refractivity contribution in [1.82, 2.24) is 4.98 Å². The van der Waals surface area contributed by atoms with Crippen LogP contribution in [0.5, 0.6) is 0 Å². The molecule has 0 spiro atoms. The fraction of sp³-hybridized carbons (Fsp3) is 0.0159. The minimum absolute atomic E-state index is 0.254. The van der Waals surface area contributed by atoms with Gasteiger partial charge < -0.3 is 4.98 Å². The minimum atomic E-state index is -0.254. The van der Waals surface area contributed by atoms with Crippen molar-refractivity contribution in [3.05, 3.63) is 602 Å². The van der Waals surface area contributed by atoms with E-state index in [-0.39, 0.29) is 5.41 Å². The molecule has 0 fully saturated rings. The molecule has 0 bridgehead atoms. The highest BCUT2D eigenvalue weighted by Crippen LogP contribution is 2.56. The van der Waals surface area contributed by atoms with Gasteiger partial charge in [-0.15, -0.1) is 11.3 Å². The van der Waals surface area contributed by atoms with Crippen molar-refractivity contribution in [3.8, 4) is 33.4 Å². The molecule has 0 unspecified atom stereocenters. The van der Waals surface area contributed by atoms with Crippen LogP contribution in [0.15, 0.2) is 546 Å². The molecule has 25 rings (SSSR count). The third kappa shape index (κ3) is 20.9. The van der Waals surface area contributed by atoms with Gasteiger partial charge in [0.25, 0.3) is 0 Å². The number of aromatic amines is 1. The van der Waals surface area contributed by atoms with Crippen LogP contribution < -0.4 is 0 Å². The van der Waals surface area contributed by atoms with Gasteiger partial charge in [-0.1, -0.05) is 534 Å². The third-order valence-electron chi connectivity index (χ3n) is 23.1. The first-order chi connectivity index (χ1) is 63.5. The second-order valence-electron chi connectivity index (χ2n) is 31.3. The number of para-hydroxylation sites is 2. The van der Waals surface area contributed by atoms with Crippen LogP contribution in [0.3, 0.4) is 0 Å². The van der Waals surface area contributed by atoms with E-state index >= 15 is 0 Å². The molecule has 1 N–H and O–H groups in total. The predicted molar refractivity (Wildman–Crippen MR) is 554 cm³/mol. The topological polar surface area (TPSA) is 15.8 Å².